The Kier molecular flexibility index (Phi) is 10.2. The van der Waals surface area contributed by atoms with Crippen molar-refractivity contribution in [3.05, 3.63) is 71.8 Å². The largest absolute Gasteiger partial charge is 0.481 e. The predicted molar refractivity (Wildman–Crippen MR) is 137 cm³/mol. The minimum absolute atomic E-state index is 0.0252. The second-order valence-electron chi connectivity index (χ2n) is 9.59. The van der Waals surface area contributed by atoms with E-state index >= 15 is 0 Å². The molecular weight excluding hydrogens is 474 g/mol. The number of carboxylic acid groups (broad SMARTS) is 1. The minimum atomic E-state index is -1.39. The summed E-state index contributed by atoms with van der Waals surface area (Å²) < 4.78 is 5.43. The standard InChI is InChI=1S/C28H35N3O6/c1-18(2)23(28(36)37-17-20-12-7-4-8-13-20)30-26(33)24(31-25(32)22-14-9-15-29-22)21(27(34)35)16-19-10-5-3-6-11-19/h3-8,10-13,18,21-24,29H,9,14-17H2,1-2H3,(H,30,33)(H,31,32)(H,34,35)/t21?,22-,23-,24-/m0/s1. The van der Waals surface area contributed by atoms with Gasteiger partial charge in [0.15, 0.2) is 0 Å². The van der Waals surface area contributed by atoms with Crippen LogP contribution in [-0.2, 0) is 36.9 Å². The van der Waals surface area contributed by atoms with Crippen LogP contribution in [-0.4, -0.2) is 53.5 Å². The molecule has 0 saturated carbocycles. The van der Waals surface area contributed by atoms with Gasteiger partial charge in [-0.05, 0) is 42.9 Å². The summed E-state index contributed by atoms with van der Waals surface area (Å²) in [5.74, 6) is -4.63. The van der Waals surface area contributed by atoms with Gasteiger partial charge in [-0.3, -0.25) is 14.4 Å². The fraction of sp³-hybridized carbons (Fsp3) is 0.429. The van der Waals surface area contributed by atoms with Gasteiger partial charge in [0.1, 0.15) is 18.7 Å². The lowest BCUT2D eigenvalue weighted by Crippen LogP contribution is -2.59. The van der Waals surface area contributed by atoms with Crippen molar-refractivity contribution >= 4 is 23.8 Å². The summed E-state index contributed by atoms with van der Waals surface area (Å²) in [6.07, 6.45) is 1.43. The fourth-order valence-corrected chi connectivity index (χ4v) is 4.29. The highest BCUT2D eigenvalue weighted by Gasteiger charge is 2.39. The summed E-state index contributed by atoms with van der Waals surface area (Å²) in [6, 6.07) is 15.1. The first-order valence-corrected chi connectivity index (χ1v) is 12.6. The van der Waals surface area contributed by atoms with Crippen molar-refractivity contribution in [1.29, 1.82) is 0 Å². The summed E-state index contributed by atoms with van der Waals surface area (Å²) in [5.41, 5.74) is 1.51. The molecule has 198 valence electrons. The van der Waals surface area contributed by atoms with Gasteiger partial charge in [0.25, 0.3) is 0 Å². The van der Waals surface area contributed by atoms with Gasteiger partial charge in [0, 0.05) is 0 Å². The first-order chi connectivity index (χ1) is 17.8. The molecule has 1 saturated heterocycles. The van der Waals surface area contributed by atoms with Gasteiger partial charge in [-0.25, -0.2) is 4.79 Å². The number of nitrogens with one attached hydrogen (secondary N) is 3. The van der Waals surface area contributed by atoms with E-state index in [1.54, 1.807) is 38.1 Å². The zero-order valence-corrected chi connectivity index (χ0v) is 21.2. The van der Waals surface area contributed by atoms with Gasteiger partial charge in [-0.2, -0.15) is 0 Å². The number of carbonyl (C=O) groups excluding carboxylic acids is 3. The Labute approximate surface area is 217 Å². The predicted octanol–water partition coefficient (Wildman–Crippen LogP) is 2.05. The number of carboxylic acids is 1. The molecule has 1 aliphatic rings. The van der Waals surface area contributed by atoms with Crippen molar-refractivity contribution in [3.8, 4) is 0 Å². The number of aliphatic carboxylic acids is 1. The number of rotatable bonds is 12. The van der Waals surface area contributed by atoms with E-state index in [0.717, 1.165) is 12.0 Å². The zero-order chi connectivity index (χ0) is 26.8. The number of ether oxygens (including phenoxy) is 1. The summed E-state index contributed by atoms with van der Waals surface area (Å²) in [4.78, 5) is 51.6. The molecule has 1 heterocycles. The molecule has 2 amide bonds. The van der Waals surface area contributed by atoms with E-state index in [1.165, 1.54) is 0 Å². The molecule has 37 heavy (non-hydrogen) atoms. The molecule has 1 aliphatic heterocycles. The monoisotopic (exact) mass is 509 g/mol. The molecule has 3 rings (SSSR count). The average Bonchev–Trinajstić information content (AvgIpc) is 3.44. The van der Waals surface area contributed by atoms with Crippen LogP contribution < -0.4 is 16.0 Å². The van der Waals surface area contributed by atoms with Crippen molar-refractivity contribution in [2.45, 2.75) is 57.8 Å². The number of benzene rings is 2. The number of hydrogen-bond donors (Lipinski definition) is 4. The van der Waals surface area contributed by atoms with E-state index in [1.807, 2.05) is 36.4 Å². The molecule has 2 aromatic rings. The highest BCUT2D eigenvalue weighted by Crippen LogP contribution is 2.17. The van der Waals surface area contributed by atoms with Crippen LogP contribution in [0.1, 0.15) is 37.8 Å². The molecule has 4 atom stereocenters. The van der Waals surface area contributed by atoms with Crippen LogP contribution in [0.4, 0.5) is 0 Å². The minimum Gasteiger partial charge on any atom is -0.481 e. The molecule has 4 N–H and O–H groups in total. The molecule has 0 aromatic heterocycles. The lowest BCUT2D eigenvalue weighted by atomic mass is 9.90. The first-order valence-electron chi connectivity index (χ1n) is 12.6. The number of esters is 1. The Hall–Kier alpha value is -3.72. The molecule has 9 heteroatoms. The SMILES string of the molecule is CC(C)[C@H](NC(=O)[C@@H](NC(=O)[C@@H]1CCCN1)C(Cc1ccccc1)C(=O)O)C(=O)OCc1ccccc1. The van der Waals surface area contributed by atoms with E-state index in [4.69, 9.17) is 4.74 Å². The molecule has 9 nitrogen and oxygen atoms in total. The number of carbonyl (C=O) groups is 4. The average molecular weight is 510 g/mol. The van der Waals surface area contributed by atoms with Crippen molar-refractivity contribution in [2.24, 2.45) is 11.8 Å². The van der Waals surface area contributed by atoms with Gasteiger partial charge < -0.3 is 25.8 Å². The van der Waals surface area contributed by atoms with Crippen molar-refractivity contribution in [1.82, 2.24) is 16.0 Å². The van der Waals surface area contributed by atoms with Crippen molar-refractivity contribution in [3.63, 3.8) is 0 Å². The maximum absolute atomic E-state index is 13.5. The van der Waals surface area contributed by atoms with E-state index < -0.39 is 47.8 Å². The summed E-state index contributed by atoms with van der Waals surface area (Å²) in [7, 11) is 0. The Bertz CT molecular complexity index is 1050. The maximum Gasteiger partial charge on any atom is 0.329 e. The van der Waals surface area contributed by atoms with E-state index in [0.29, 0.717) is 18.5 Å². The van der Waals surface area contributed by atoms with Crippen LogP contribution in [0.15, 0.2) is 60.7 Å². The molecular formula is C28H35N3O6. The molecule has 1 fully saturated rings. The Balaban J connectivity index is 1.79. The smallest absolute Gasteiger partial charge is 0.329 e. The Morgan fingerprint density at radius 1 is 0.946 bits per heavy atom. The summed E-state index contributed by atoms with van der Waals surface area (Å²) >= 11 is 0. The third-order valence-electron chi connectivity index (χ3n) is 6.42. The molecule has 0 bridgehead atoms. The molecule has 2 aromatic carbocycles. The molecule has 0 spiro atoms. The molecule has 0 radical (unpaired) electrons. The van der Waals surface area contributed by atoms with Crippen LogP contribution in [0.3, 0.4) is 0 Å². The highest BCUT2D eigenvalue weighted by molar-refractivity contribution is 5.95. The van der Waals surface area contributed by atoms with Crippen LogP contribution in [0, 0.1) is 11.8 Å². The van der Waals surface area contributed by atoms with Crippen LogP contribution in [0.25, 0.3) is 0 Å². The van der Waals surface area contributed by atoms with Gasteiger partial charge >= 0.3 is 11.9 Å². The van der Waals surface area contributed by atoms with Gasteiger partial charge in [0.05, 0.1) is 12.0 Å². The van der Waals surface area contributed by atoms with Gasteiger partial charge in [0.2, 0.25) is 11.8 Å². The fourth-order valence-electron chi connectivity index (χ4n) is 4.29. The molecule has 1 unspecified atom stereocenters. The van der Waals surface area contributed by atoms with Gasteiger partial charge in [-0.1, -0.05) is 74.5 Å². The topological polar surface area (TPSA) is 134 Å². The first kappa shape index (κ1) is 27.9. The Morgan fingerprint density at radius 2 is 1.57 bits per heavy atom. The van der Waals surface area contributed by atoms with Crippen molar-refractivity contribution in [2.75, 3.05) is 6.54 Å². The van der Waals surface area contributed by atoms with Crippen LogP contribution in [0.5, 0.6) is 0 Å². The maximum atomic E-state index is 13.5. The van der Waals surface area contributed by atoms with E-state index in [9.17, 15) is 24.3 Å². The lowest BCUT2D eigenvalue weighted by Gasteiger charge is -2.28. The molecule has 0 aliphatic carbocycles. The second kappa shape index (κ2) is 13.5. The number of amides is 2. The van der Waals surface area contributed by atoms with Crippen molar-refractivity contribution < 1.29 is 29.0 Å². The van der Waals surface area contributed by atoms with Gasteiger partial charge in [-0.15, -0.1) is 0 Å². The number of hydrogen-bond acceptors (Lipinski definition) is 6. The lowest BCUT2D eigenvalue weighted by molar-refractivity contribution is -0.151. The Morgan fingerprint density at radius 3 is 2.11 bits per heavy atom. The third kappa shape index (κ3) is 8.15. The van der Waals surface area contributed by atoms with Crippen LogP contribution in [0.2, 0.25) is 0 Å². The quantitative estimate of drug-likeness (QED) is 0.322. The van der Waals surface area contributed by atoms with E-state index in [-0.39, 0.29) is 18.9 Å². The third-order valence-corrected chi connectivity index (χ3v) is 6.42. The zero-order valence-electron chi connectivity index (χ0n) is 21.2. The summed E-state index contributed by atoms with van der Waals surface area (Å²) in [6.45, 7) is 4.22. The normalized spacial score (nSPS) is 17.4. The highest BCUT2D eigenvalue weighted by atomic mass is 16.5. The summed E-state index contributed by atoms with van der Waals surface area (Å²) in [5, 5.41) is 18.4. The second-order valence-corrected chi connectivity index (χ2v) is 9.59. The van der Waals surface area contributed by atoms with E-state index in [2.05, 4.69) is 16.0 Å². The van der Waals surface area contributed by atoms with Crippen LogP contribution >= 0.6 is 0 Å².